The van der Waals surface area contributed by atoms with Gasteiger partial charge in [-0.05, 0) is 29.3 Å². The molecule has 1 N–H and O–H groups in total. The maximum Gasteiger partial charge on any atom is 0.272 e. The van der Waals surface area contributed by atoms with Crippen LogP contribution in [0.1, 0.15) is 11.1 Å². The molecule has 0 spiro atoms. The standard InChI is InChI=1S/C14H12ClFN2O2/c15-12-3-1-10(2-4-12)8-17-9-11-5-13(16)7-14(6-11)18(19)20/h1-7,17H,8-9H2. The molecule has 0 aromatic heterocycles. The first-order valence-corrected chi connectivity index (χ1v) is 6.31. The molecule has 0 fully saturated rings. The molecule has 0 saturated heterocycles. The van der Waals surface area contributed by atoms with Crippen molar-refractivity contribution in [1.82, 2.24) is 5.32 Å². The van der Waals surface area contributed by atoms with Gasteiger partial charge in [-0.2, -0.15) is 0 Å². The molecule has 20 heavy (non-hydrogen) atoms. The van der Waals surface area contributed by atoms with E-state index in [2.05, 4.69) is 5.32 Å². The molecule has 2 aromatic rings. The fraction of sp³-hybridized carbons (Fsp3) is 0.143. The number of hydrogen-bond acceptors (Lipinski definition) is 3. The molecule has 0 bridgehead atoms. The Hall–Kier alpha value is -1.98. The monoisotopic (exact) mass is 294 g/mol. The van der Waals surface area contributed by atoms with E-state index in [1.807, 2.05) is 12.1 Å². The highest BCUT2D eigenvalue weighted by Gasteiger charge is 2.09. The Bertz CT molecular complexity index is 617. The first-order chi connectivity index (χ1) is 9.54. The lowest BCUT2D eigenvalue weighted by Gasteiger charge is -2.05. The molecule has 0 unspecified atom stereocenters. The summed E-state index contributed by atoms with van der Waals surface area (Å²) in [7, 11) is 0. The Morgan fingerprint density at radius 1 is 1.10 bits per heavy atom. The van der Waals surface area contributed by atoms with Gasteiger partial charge in [-0.3, -0.25) is 10.1 Å². The highest BCUT2D eigenvalue weighted by atomic mass is 35.5. The van der Waals surface area contributed by atoms with Crippen LogP contribution in [0.3, 0.4) is 0 Å². The zero-order valence-corrected chi connectivity index (χ0v) is 11.2. The number of nitrogens with one attached hydrogen (secondary N) is 1. The van der Waals surface area contributed by atoms with Crippen molar-refractivity contribution in [2.75, 3.05) is 0 Å². The van der Waals surface area contributed by atoms with Crippen LogP contribution in [0.5, 0.6) is 0 Å². The number of hydrogen-bond donors (Lipinski definition) is 1. The van der Waals surface area contributed by atoms with Gasteiger partial charge in [0.25, 0.3) is 5.69 Å². The van der Waals surface area contributed by atoms with Crippen molar-refractivity contribution in [1.29, 1.82) is 0 Å². The van der Waals surface area contributed by atoms with Crippen LogP contribution in [0.15, 0.2) is 42.5 Å². The Kier molecular flexibility index (Phi) is 4.65. The van der Waals surface area contributed by atoms with Gasteiger partial charge in [-0.1, -0.05) is 23.7 Å². The normalized spacial score (nSPS) is 10.5. The summed E-state index contributed by atoms with van der Waals surface area (Å²) in [6, 6.07) is 10.9. The summed E-state index contributed by atoms with van der Waals surface area (Å²) >= 11 is 5.78. The Labute approximate surface area is 120 Å². The first kappa shape index (κ1) is 14.4. The van der Waals surface area contributed by atoms with E-state index in [1.165, 1.54) is 12.1 Å². The SMILES string of the molecule is O=[N+]([O-])c1cc(F)cc(CNCc2ccc(Cl)cc2)c1. The summed E-state index contributed by atoms with van der Waals surface area (Å²) in [5, 5.41) is 14.4. The van der Waals surface area contributed by atoms with E-state index in [-0.39, 0.29) is 5.69 Å². The number of benzene rings is 2. The van der Waals surface area contributed by atoms with Crippen molar-refractivity contribution in [3.8, 4) is 0 Å². The van der Waals surface area contributed by atoms with E-state index in [1.54, 1.807) is 12.1 Å². The van der Waals surface area contributed by atoms with Crippen LogP contribution in [0.4, 0.5) is 10.1 Å². The molecular formula is C14H12ClFN2O2. The van der Waals surface area contributed by atoms with Crippen molar-refractivity contribution in [2.45, 2.75) is 13.1 Å². The van der Waals surface area contributed by atoms with E-state index in [0.29, 0.717) is 23.7 Å². The zero-order valence-electron chi connectivity index (χ0n) is 10.5. The third-order valence-electron chi connectivity index (χ3n) is 2.72. The number of nitro groups is 1. The van der Waals surface area contributed by atoms with Crippen LogP contribution >= 0.6 is 11.6 Å². The summed E-state index contributed by atoms with van der Waals surface area (Å²) in [5.41, 5.74) is 1.32. The van der Waals surface area contributed by atoms with Gasteiger partial charge in [0.15, 0.2) is 0 Å². The van der Waals surface area contributed by atoms with E-state index in [4.69, 9.17) is 11.6 Å². The molecule has 0 aliphatic rings. The largest absolute Gasteiger partial charge is 0.309 e. The van der Waals surface area contributed by atoms with Gasteiger partial charge >= 0.3 is 0 Å². The highest BCUT2D eigenvalue weighted by Crippen LogP contribution is 2.16. The number of nitrogens with zero attached hydrogens (tertiary/aromatic N) is 1. The van der Waals surface area contributed by atoms with Crippen LogP contribution in [-0.2, 0) is 13.1 Å². The maximum atomic E-state index is 13.2. The van der Waals surface area contributed by atoms with Crippen LogP contribution in [0.2, 0.25) is 5.02 Å². The van der Waals surface area contributed by atoms with Gasteiger partial charge in [0.1, 0.15) is 5.82 Å². The minimum atomic E-state index is -0.609. The van der Waals surface area contributed by atoms with Gasteiger partial charge < -0.3 is 5.32 Å². The van der Waals surface area contributed by atoms with E-state index < -0.39 is 10.7 Å². The van der Waals surface area contributed by atoms with Crippen molar-refractivity contribution in [3.63, 3.8) is 0 Å². The molecule has 0 amide bonds. The van der Waals surface area contributed by atoms with Crippen LogP contribution in [0.25, 0.3) is 0 Å². The number of rotatable bonds is 5. The second-order valence-electron chi connectivity index (χ2n) is 4.30. The smallest absolute Gasteiger partial charge is 0.272 e. The molecule has 2 aromatic carbocycles. The summed E-state index contributed by atoms with van der Waals surface area (Å²) in [6.07, 6.45) is 0. The molecule has 4 nitrogen and oxygen atoms in total. The van der Waals surface area contributed by atoms with Gasteiger partial charge in [-0.15, -0.1) is 0 Å². The first-order valence-electron chi connectivity index (χ1n) is 5.93. The Morgan fingerprint density at radius 3 is 2.40 bits per heavy atom. The lowest BCUT2D eigenvalue weighted by Crippen LogP contribution is -2.13. The lowest BCUT2D eigenvalue weighted by atomic mass is 10.2. The quantitative estimate of drug-likeness (QED) is 0.676. The predicted octanol–water partition coefficient (Wildman–Crippen LogP) is 3.68. The summed E-state index contributed by atoms with van der Waals surface area (Å²) in [5.74, 6) is -0.609. The highest BCUT2D eigenvalue weighted by molar-refractivity contribution is 6.30. The molecular weight excluding hydrogens is 283 g/mol. The fourth-order valence-electron chi connectivity index (χ4n) is 1.79. The minimum Gasteiger partial charge on any atom is -0.309 e. The average molecular weight is 295 g/mol. The van der Waals surface area contributed by atoms with Crippen LogP contribution in [0, 0.1) is 15.9 Å². The molecule has 0 atom stereocenters. The Morgan fingerprint density at radius 2 is 1.75 bits per heavy atom. The zero-order chi connectivity index (χ0) is 14.5. The number of nitro benzene ring substituents is 1. The molecule has 0 aliphatic heterocycles. The van der Waals surface area contributed by atoms with Gasteiger partial charge in [0, 0.05) is 24.2 Å². The van der Waals surface area contributed by atoms with Crippen molar-refractivity contribution in [2.24, 2.45) is 0 Å². The lowest BCUT2D eigenvalue weighted by molar-refractivity contribution is -0.385. The molecule has 0 aliphatic carbocycles. The average Bonchev–Trinajstić information content (AvgIpc) is 2.40. The Balaban J connectivity index is 1.97. The molecule has 2 rings (SSSR count). The third-order valence-corrected chi connectivity index (χ3v) is 2.98. The van der Waals surface area contributed by atoms with E-state index in [9.17, 15) is 14.5 Å². The number of non-ortho nitro benzene ring substituents is 1. The van der Waals surface area contributed by atoms with E-state index >= 15 is 0 Å². The summed E-state index contributed by atoms with van der Waals surface area (Å²) in [4.78, 5) is 10.0. The second-order valence-corrected chi connectivity index (χ2v) is 4.74. The third kappa shape index (κ3) is 4.01. The molecule has 0 radical (unpaired) electrons. The van der Waals surface area contributed by atoms with Crippen LogP contribution in [-0.4, -0.2) is 4.92 Å². The van der Waals surface area contributed by atoms with Crippen molar-refractivity contribution < 1.29 is 9.31 Å². The molecule has 0 saturated carbocycles. The fourth-order valence-corrected chi connectivity index (χ4v) is 1.92. The van der Waals surface area contributed by atoms with Gasteiger partial charge in [-0.25, -0.2) is 4.39 Å². The topological polar surface area (TPSA) is 55.2 Å². The summed E-state index contributed by atoms with van der Waals surface area (Å²) in [6.45, 7) is 0.919. The van der Waals surface area contributed by atoms with Crippen LogP contribution < -0.4 is 5.32 Å². The predicted molar refractivity (Wildman–Crippen MR) is 75.1 cm³/mol. The molecule has 0 heterocycles. The van der Waals surface area contributed by atoms with Crippen molar-refractivity contribution >= 4 is 17.3 Å². The summed E-state index contributed by atoms with van der Waals surface area (Å²) < 4.78 is 13.2. The number of halogens is 2. The van der Waals surface area contributed by atoms with Gasteiger partial charge in [0.2, 0.25) is 0 Å². The van der Waals surface area contributed by atoms with Gasteiger partial charge in [0.05, 0.1) is 11.0 Å². The molecule has 104 valence electrons. The van der Waals surface area contributed by atoms with Crippen molar-refractivity contribution in [3.05, 3.63) is 74.5 Å². The van der Waals surface area contributed by atoms with E-state index in [0.717, 1.165) is 11.6 Å². The second kappa shape index (κ2) is 6.45. The maximum absolute atomic E-state index is 13.2. The minimum absolute atomic E-state index is 0.242. The molecule has 6 heteroatoms.